The normalized spacial score (nSPS) is 15.2. The number of nitrogens with zero attached hydrogens (tertiary/aromatic N) is 3. The monoisotopic (exact) mass is 395 g/mol. The molecule has 1 aliphatic heterocycles. The van der Waals surface area contributed by atoms with Crippen LogP contribution in [0.3, 0.4) is 0 Å². The Kier molecular flexibility index (Phi) is 4.75. The highest BCUT2D eigenvalue weighted by molar-refractivity contribution is 6.30. The van der Waals surface area contributed by atoms with Crippen molar-refractivity contribution in [1.29, 1.82) is 0 Å². The molecule has 0 spiro atoms. The molecule has 2 aromatic carbocycles. The van der Waals surface area contributed by atoms with Crippen molar-refractivity contribution < 1.29 is 4.74 Å². The van der Waals surface area contributed by atoms with Crippen LogP contribution in [0.25, 0.3) is 0 Å². The first-order valence-electron chi connectivity index (χ1n) is 8.65. The molecular formula is C20H18ClN5O2. The molecule has 142 valence electrons. The average molecular weight is 396 g/mol. The molecule has 0 saturated carbocycles. The molecule has 1 aliphatic rings. The number of aryl methyl sites for hydroxylation is 1. The lowest BCUT2D eigenvalue weighted by atomic mass is 10.1. The second-order valence-electron chi connectivity index (χ2n) is 6.31. The summed E-state index contributed by atoms with van der Waals surface area (Å²) in [7, 11) is 1.62. The van der Waals surface area contributed by atoms with E-state index in [-0.39, 0.29) is 5.56 Å². The average Bonchev–Trinajstić information content (AvgIpc) is 2.67. The van der Waals surface area contributed by atoms with Gasteiger partial charge in [0.05, 0.1) is 7.11 Å². The van der Waals surface area contributed by atoms with Crippen molar-refractivity contribution in [2.75, 3.05) is 17.7 Å². The van der Waals surface area contributed by atoms with Gasteiger partial charge in [0, 0.05) is 22.5 Å². The van der Waals surface area contributed by atoms with E-state index in [4.69, 9.17) is 21.3 Å². The SMILES string of the molecule is COc1ccc(NC2=N[C@@H](c3cccc(Cl)c3)n3c(nc(C)cc3=O)N2)cc1. The molecule has 0 bridgehead atoms. The van der Waals surface area contributed by atoms with Crippen LogP contribution in [0.5, 0.6) is 5.75 Å². The van der Waals surface area contributed by atoms with E-state index < -0.39 is 6.17 Å². The summed E-state index contributed by atoms with van der Waals surface area (Å²) in [5.41, 5.74) is 2.05. The van der Waals surface area contributed by atoms with Gasteiger partial charge in [0.1, 0.15) is 5.75 Å². The molecule has 2 N–H and O–H groups in total. The molecule has 2 heterocycles. The lowest BCUT2D eigenvalue weighted by molar-refractivity contribution is 0.415. The highest BCUT2D eigenvalue weighted by atomic mass is 35.5. The molecule has 0 unspecified atom stereocenters. The van der Waals surface area contributed by atoms with Gasteiger partial charge >= 0.3 is 0 Å². The predicted octanol–water partition coefficient (Wildman–Crippen LogP) is 3.65. The van der Waals surface area contributed by atoms with Crippen molar-refractivity contribution >= 4 is 29.2 Å². The number of hydrogen-bond donors (Lipinski definition) is 2. The third-order valence-corrected chi connectivity index (χ3v) is 4.54. The molecule has 0 radical (unpaired) electrons. The van der Waals surface area contributed by atoms with Gasteiger partial charge in [0.25, 0.3) is 5.56 Å². The van der Waals surface area contributed by atoms with Gasteiger partial charge in [-0.1, -0.05) is 23.7 Å². The summed E-state index contributed by atoms with van der Waals surface area (Å²) in [6.07, 6.45) is -0.587. The van der Waals surface area contributed by atoms with Gasteiger partial charge in [0.15, 0.2) is 6.17 Å². The van der Waals surface area contributed by atoms with Crippen LogP contribution in [0, 0.1) is 6.92 Å². The number of halogens is 1. The number of rotatable bonds is 3. The van der Waals surface area contributed by atoms with E-state index in [1.54, 1.807) is 26.2 Å². The molecule has 1 atom stereocenters. The van der Waals surface area contributed by atoms with Crippen LogP contribution in [0.15, 0.2) is 64.4 Å². The maximum atomic E-state index is 12.6. The Labute approximate surface area is 166 Å². The third kappa shape index (κ3) is 3.57. The fraction of sp³-hybridized carbons (Fsp3) is 0.150. The number of ether oxygens (including phenoxy) is 1. The number of aromatic nitrogens is 2. The summed E-state index contributed by atoms with van der Waals surface area (Å²) in [5, 5.41) is 6.89. The molecule has 0 aliphatic carbocycles. The van der Waals surface area contributed by atoms with E-state index in [0.717, 1.165) is 17.0 Å². The zero-order chi connectivity index (χ0) is 19.7. The maximum absolute atomic E-state index is 12.6. The molecule has 7 nitrogen and oxygen atoms in total. The minimum atomic E-state index is -0.587. The standard InChI is InChI=1S/C20H18ClN5O2/c1-12-10-17(27)26-18(13-4-3-5-14(21)11-13)24-19(25-20(26)22-12)23-15-6-8-16(28-2)9-7-15/h3-11,18H,1-2H3,(H2,22,23,24,25)/t18-/m1/s1. The molecule has 3 aromatic rings. The lowest BCUT2D eigenvalue weighted by Gasteiger charge is -2.27. The summed E-state index contributed by atoms with van der Waals surface area (Å²) in [4.78, 5) is 21.8. The van der Waals surface area contributed by atoms with E-state index in [1.807, 2.05) is 36.4 Å². The Hall–Kier alpha value is -3.32. The van der Waals surface area contributed by atoms with E-state index in [9.17, 15) is 4.79 Å². The first-order valence-corrected chi connectivity index (χ1v) is 9.03. The van der Waals surface area contributed by atoms with Crippen LogP contribution in [0.1, 0.15) is 17.4 Å². The van der Waals surface area contributed by atoms with Gasteiger partial charge in [-0.2, -0.15) is 0 Å². The summed E-state index contributed by atoms with van der Waals surface area (Å²) in [6.45, 7) is 1.78. The van der Waals surface area contributed by atoms with Crippen LogP contribution < -0.4 is 20.9 Å². The van der Waals surface area contributed by atoms with Crippen LogP contribution in [0.2, 0.25) is 5.02 Å². The number of nitrogens with one attached hydrogen (secondary N) is 2. The first-order chi connectivity index (χ1) is 13.5. The fourth-order valence-corrected chi connectivity index (χ4v) is 3.21. The Morgan fingerprint density at radius 1 is 1.18 bits per heavy atom. The van der Waals surface area contributed by atoms with E-state index in [1.165, 1.54) is 10.6 Å². The summed E-state index contributed by atoms with van der Waals surface area (Å²) >= 11 is 6.16. The molecule has 1 aromatic heterocycles. The van der Waals surface area contributed by atoms with E-state index >= 15 is 0 Å². The van der Waals surface area contributed by atoms with Crippen molar-refractivity contribution in [3.8, 4) is 5.75 Å². The van der Waals surface area contributed by atoms with Gasteiger partial charge in [-0.25, -0.2) is 9.98 Å². The molecule has 0 amide bonds. The van der Waals surface area contributed by atoms with Crippen molar-refractivity contribution in [3.05, 3.63) is 81.2 Å². The molecule has 4 rings (SSSR count). The Bertz CT molecular complexity index is 1110. The Balaban J connectivity index is 1.76. The Morgan fingerprint density at radius 2 is 1.96 bits per heavy atom. The number of hydrogen-bond acceptors (Lipinski definition) is 6. The molecule has 8 heteroatoms. The summed E-state index contributed by atoms with van der Waals surface area (Å²) in [6, 6.07) is 16.2. The van der Waals surface area contributed by atoms with E-state index in [2.05, 4.69) is 15.6 Å². The van der Waals surface area contributed by atoms with Gasteiger partial charge in [0.2, 0.25) is 11.9 Å². The number of benzene rings is 2. The summed E-state index contributed by atoms with van der Waals surface area (Å²) in [5.74, 6) is 1.66. The van der Waals surface area contributed by atoms with Crippen LogP contribution >= 0.6 is 11.6 Å². The fourth-order valence-electron chi connectivity index (χ4n) is 3.01. The number of guanidine groups is 1. The van der Waals surface area contributed by atoms with Gasteiger partial charge < -0.3 is 10.1 Å². The van der Waals surface area contributed by atoms with Gasteiger partial charge in [-0.05, 0) is 48.9 Å². The van der Waals surface area contributed by atoms with Crippen LogP contribution in [-0.4, -0.2) is 22.6 Å². The molecule has 28 heavy (non-hydrogen) atoms. The first kappa shape index (κ1) is 18.1. The number of fused-ring (bicyclic) bond motifs is 1. The highest BCUT2D eigenvalue weighted by Gasteiger charge is 2.25. The minimum absolute atomic E-state index is 0.188. The number of aliphatic imine (C=N–C) groups is 1. The third-order valence-electron chi connectivity index (χ3n) is 4.31. The zero-order valence-electron chi connectivity index (χ0n) is 15.3. The molecule has 0 saturated heterocycles. The molecule has 0 fully saturated rings. The second kappa shape index (κ2) is 7.36. The lowest BCUT2D eigenvalue weighted by Crippen LogP contribution is -2.37. The predicted molar refractivity (Wildman–Crippen MR) is 110 cm³/mol. The van der Waals surface area contributed by atoms with Crippen molar-refractivity contribution in [2.45, 2.75) is 13.1 Å². The number of methoxy groups -OCH3 is 1. The van der Waals surface area contributed by atoms with Crippen molar-refractivity contribution in [1.82, 2.24) is 9.55 Å². The maximum Gasteiger partial charge on any atom is 0.257 e. The van der Waals surface area contributed by atoms with Crippen molar-refractivity contribution in [3.63, 3.8) is 0 Å². The second-order valence-corrected chi connectivity index (χ2v) is 6.75. The van der Waals surface area contributed by atoms with E-state index in [0.29, 0.717) is 22.6 Å². The largest absolute Gasteiger partial charge is 0.497 e. The van der Waals surface area contributed by atoms with Gasteiger partial charge in [-0.15, -0.1) is 0 Å². The zero-order valence-corrected chi connectivity index (χ0v) is 16.1. The smallest absolute Gasteiger partial charge is 0.257 e. The minimum Gasteiger partial charge on any atom is -0.497 e. The van der Waals surface area contributed by atoms with Crippen LogP contribution in [-0.2, 0) is 0 Å². The van der Waals surface area contributed by atoms with Gasteiger partial charge in [-0.3, -0.25) is 14.7 Å². The van der Waals surface area contributed by atoms with Crippen LogP contribution in [0.4, 0.5) is 11.6 Å². The topological polar surface area (TPSA) is 80.5 Å². The molecular weight excluding hydrogens is 378 g/mol. The summed E-state index contributed by atoms with van der Waals surface area (Å²) < 4.78 is 6.70. The quantitative estimate of drug-likeness (QED) is 0.707. The number of anilines is 2. The highest BCUT2D eigenvalue weighted by Crippen LogP contribution is 2.27. The van der Waals surface area contributed by atoms with Crippen molar-refractivity contribution in [2.24, 2.45) is 4.99 Å². The Morgan fingerprint density at radius 3 is 2.68 bits per heavy atom.